The van der Waals surface area contributed by atoms with Gasteiger partial charge in [-0.2, -0.15) is 10.1 Å². The Bertz CT molecular complexity index is 1010. The fraction of sp³-hybridized carbons (Fsp3) is 0.333. The third-order valence-electron chi connectivity index (χ3n) is 5.09. The molecule has 2 aromatic carbocycles. The summed E-state index contributed by atoms with van der Waals surface area (Å²) in [5, 5.41) is 4.67. The van der Waals surface area contributed by atoms with Gasteiger partial charge in [-0.05, 0) is 25.5 Å². The van der Waals surface area contributed by atoms with E-state index in [4.69, 9.17) is 4.74 Å². The number of hydrogen-bond acceptors (Lipinski definition) is 3. The zero-order valence-electron chi connectivity index (χ0n) is 16.8. The lowest BCUT2D eigenvalue weighted by atomic mass is 9.89. The van der Waals surface area contributed by atoms with Crippen LogP contribution in [0.3, 0.4) is 0 Å². The molecule has 0 spiro atoms. The van der Waals surface area contributed by atoms with Crippen LogP contribution in [0.25, 0.3) is 0 Å². The molecule has 0 saturated carbocycles. The van der Waals surface area contributed by atoms with Crippen LogP contribution >= 0.6 is 0 Å². The molecule has 0 N–H and O–H groups in total. The third kappa shape index (κ3) is 4.08. The second kappa shape index (κ2) is 9.27. The second-order valence-electron chi connectivity index (χ2n) is 7.05. The Labute approximate surface area is 178 Å². The minimum absolute atomic E-state index is 0.189. The van der Waals surface area contributed by atoms with E-state index in [-0.39, 0.29) is 12.1 Å². The Morgan fingerprint density at radius 1 is 0.969 bits per heavy atom. The number of methoxy groups -OCH3 is 1. The first-order chi connectivity index (χ1) is 15.1. The molecule has 1 aliphatic rings. The number of carbonyl (C=O) groups excluding carboxylic acids is 1. The van der Waals surface area contributed by atoms with Crippen molar-refractivity contribution < 1.29 is 40.3 Å². The molecular weight excluding hydrogens is 445 g/mol. The van der Waals surface area contributed by atoms with Gasteiger partial charge in [0.25, 0.3) is 18.8 Å². The summed E-state index contributed by atoms with van der Waals surface area (Å²) in [6.45, 7) is 1.53. The van der Waals surface area contributed by atoms with Crippen molar-refractivity contribution in [2.24, 2.45) is 11.0 Å². The van der Waals surface area contributed by atoms with Crippen LogP contribution in [-0.4, -0.2) is 24.8 Å². The van der Waals surface area contributed by atoms with Crippen LogP contribution in [0.4, 0.5) is 36.4 Å². The van der Waals surface area contributed by atoms with Gasteiger partial charge >= 0.3 is 0 Å². The van der Waals surface area contributed by atoms with Crippen molar-refractivity contribution in [2.45, 2.75) is 32.3 Å². The number of ether oxygens (including phenoxy) is 1. The third-order valence-corrected chi connectivity index (χ3v) is 5.09. The monoisotopic (exact) mass is 462 g/mol. The molecule has 0 fully saturated rings. The number of rotatable bonds is 7. The molecule has 2 atom stereocenters. The van der Waals surface area contributed by atoms with Crippen LogP contribution in [-0.2, 0) is 9.53 Å². The Morgan fingerprint density at radius 2 is 1.50 bits per heavy atom. The number of carbonyl (C=O) groups is 1. The van der Waals surface area contributed by atoms with Gasteiger partial charge in [-0.25, -0.2) is 30.7 Å². The Morgan fingerprint density at radius 3 is 1.97 bits per heavy atom. The van der Waals surface area contributed by atoms with Gasteiger partial charge in [0.1, 0.15) is 17.5 Å². The van der Waals surface area contributed by atoms with E-state index in [1.807, 2.05) is 0 Å². The predicted molar refractivity (Wildman–Crippen MR) is 101 cm³/mol. The van der Waals surface area contributed by atoms with Crippen molar-refractivity contribution in [1.82, 2.24) is 0 Å². The van der Waals surface area contributed by atoms with Crippen LogP contribution in [0.15, 0.2) is 35.4 Å². The highest BCUT2D eigenvalue weighted by atomic mass is 19.3. The van der Waals surface area contributed by atoms with Gasteiger partial charge in [0, 0.05) is 7.11 Å². The fourth-order valence-corrected chi connectivity index (χ4v) is 3.42. The number of para-hydroxylation sites is 1. The lowest BCUT2D eigenvalue weighted by molar-refractivity contribution is -0.120. The number of halogens is 7. The van der Waals surface area contributed by atoms with Crippen molar-refractivity contribution in [1.29, 1.82) is 0 Å². The summed E-state index contributed by atoms with van der Waals surface area (Å²) in [6.07, 6.45) is -8.56. The van der Waals surface area contributed by atoms with Crippen molar-refractivity contribution >= 4 is 17.3 Å². The first kappa shape index (κ1) is 23.7. The maximum Gasteiger partial charge on any atom is 0.269 e. The van der Waals surface area contributed by atoms with Crippen molar-refractivity contribution in [3.63, 3.8) is 0 Å². The molecule has 0 aliphatic carbocycles. The van der Waals surface area contributed by atoms with Gasteiger partial charge in [-0.1, -0.05) is 18.2 Å². The highest BCUT2D eigenvalue weighted by Crippen LogP contribution is 2.39. The molecule has 1 amide bonds. The number of amides is 1. The summed E-state index contributed by atoms with van der Waals surface area (Å²) >= 11 is 0. The fourth-order valence-electron chi connectivity index (χ4n) is 3.42. The van der Waals surface area contributed by atoms with Gasteiger partial charge < -0.3 is 4.74 Å². The molecule has 1 heterocycles. The standard InChI is InChI=1S/C21H17F7N2O2/c1-9(32-2)8-11-18(29-30(21(11)31)10-6-4-3-5-7-10)12-15(22)13(19(25)26)17(24)14(16(12)23)20(27)28/h3-7,9,11,19-20H,8H2,1-2H3. The van der Waals surface area contributed by atoms with Crippen LogP contribution < -0.4 is 5.01 Å². The molecule has 4 nitrogen and oxygen atoms in total. The summed E-state index contributed by atoms with van der Waals surface area (Å²) in [5.41, 5.74) is -5.93. The average Bonchev–Trinajstić information content (AvgIpc) is 3.04. The van der Waals surface area contributed by atoms with Gasteiger partial charge in [0.2, 0.25) is 0 Å². The zero-order valence-corrected chi connectivity index (χ0v) is 16.8. The number of hydrogen-bond donors (Lipinski definition) is 0. The zero-order chi connectivity index (χ0) is 23.7. The number of alkyl halides is 4. The maximum absolute atomic E-state index is 14.9. The van der Waals surface area contributed by atoms with E-state index in [0.717, 1.165) is 5.01 Å². The summed E-state index contributed by atoms with van der Waals surface area (Å²) < 4.78 is 102. The van der Waals surface area contributed by atoms with E-state index in [0.29, 0.717) is 0 Å². The Kier molecular flexibility index (Phi) is 6.87. The highest BCUT2D eigenvalue weighted by Gasteiger charge is 2.43. The van der Waals surface area contributed by atoms with E-state index in [9.17, 15) is 35.5 Å². The summed E-state index contributed by atoms with van der Waals surface area (Å²) in [5.74, 6) is -8.75. The molecular formula is C21H17F7N2O2. The highest BCUT2D eigenvalue weighted by molar-refractivity contribution is 6.21. The first-order valence-electron chi connectivity index (χ1n) is 9.37. The summed E-state index contributed by atoms with van der Waals surface area (Å²) in [4.78, 5) is 13.0. The van der Waals surface area contributed by atoms with Crippen molar-refractivity contribution in [2.75, 3.05) is 12.1 Å². The smallest absolute Gasteiger partial charge is 0.269 e. The quantitative estimate of drug-likeness (QED) is 0.491. The Hall–Kier alpha value is -2.95. The van der Waals surface area contributed by atoms with E-state index >= 15 is 0 Å². The van der Waals surface area contributed by atoms with Crippen LogP contribution in [0.2, 0.25) is 0 Å². The maximum atomic E-state index is 14.9. The lowest BCUT2D eigenvalue weighted by Crippen LogP contribution is -2.31. The molecule has 0 bridgehead atoms. The summed E-state index contributed by atoms with van der Waals surface area (Å²) in [7, 11) is 1.30. The van der Waals surface area contributed by atoms with Crippen molar-refractivity contribution in [3.8, 4) is 0 Å². The number of benzene rings is 2. The topological polar surface area (TPSA) is 41.9 Å². The lowest BCUT2D eigenvalue weighted by Gasteiger charge is -2.19. The normalized spacial score (nSPS) is 17.5. The van der Waals surface area contributed by atoms with E-state index in [1.165, 1.54) is 26.2 Å². The number of anilines is 1. The molecule has 0 aromatic heterocycles. The van der Waals surface area contributed by atoms with Crippen LogP contribution in [0.5, 0.6) is 0 Å². The molecule has 0 radical (unpaired) electrons. The van der Waals surface area contributed by atoms with E-state index in [2.05, 4.69) is 5.10 Å². The largest absolute Gasteiger partial charge is 0.382 e. The van der Waals surface area contributed by atoms with Crippen LogP contribution in [0.1, 0.15) is 42.9 Å². The molecule has 2 aromatic rings. The van der Waals surface area contributed by atoms with Gasteiger partial charge in [-0.15, -0.1) is 0 Å². The molecule has 0 saturated heterocycles. The minimum Gasteiger partial charge on any atom is -0.382 e. The predicted octanol–water partition coefficient (Wildman–Crippen LogP) is 5.77. The SMILES string of the molecule is COC(C)CC1C(=O)N(c2ccccc2)N=C1c1c(F)c(C(F)F)c(F)c(C(F)F)c1F. The van der Waals surface area contributed by atoms with E-state index in [1.54, 1.807) is 18.2 Å². The Balaban J connectivity index is 2.29. The van der Waals surface area contributed by atoms with Gasteiger partial charge in [0.15, 0.2) is 0 Å². The van der Waals surface area contributed by atoms with Gasteiger partial charge in [-0.3, -0.25) is 4.79 Å². The first-order valence-corrected chi connectivity index (χ1v) is 9.37. The number of hydrazone groups is 1. The molecule has 3 rings (SSSR count). The molecule has 1 aliphatic heterocycles. The van der Waals surface area contributed by atoms with Crippen LogP contribution in [0, 0.1) is 23.4 Å². The minimum atomic E-state index is -3.86. The molecule has 172 valence electrons. The van der Waals surface area contributed by atoms with Gasteiger partial charge in [0.05, 0.1) is 40.1 Å². The average molecular weight is 462 g/mol. The molecule has 32 heavy (non-hydrogen) atoms. The molecule has 11 heteroatoms. The second-order valence-corrected chi connectivity index (χ2v) is 7.05. The van der Waals surface area contributed by atoms with Crippen molar-refractivity contribution in [3.05, 3.63) is 64.5 Å². The van der Waals surface area contributed by atoms with E-state index < -0.39 is 70.6 Å². The summed E-state index contributed by atoms with van der Waals surface area (Å²) in [6, 6.07) is 7.63. The number of nitrogens with zero attached hydrogens (tertiary/aromatic N) is 2. The molecule has 2 unspecified atom stereocenters.